The number of nitrogens with one attached hydrogen (secondary N) is 4. The number of esters is 1. The number of primary amides is 1. The van der Waals surface area contributed by atoms with E-state index in [0.717, 1.165) is 5.56 Å². The summed E-state index contributed by atoms with van der Waals surface area (Å²) in [6, 6.07) is 12.7. The Kier molecular flexibility index (Phi) is 16.8. The van der Waals surface area contributed by atoms with Gasteiger partial charge in [-0.2, -0.15) is 0 Å². The van der Waals surface area contributed by atoms with Crippen LogP contribution in [0, 0.1) is 16.7 Å². The number of anilines is 1. The normalized spacial score (nSPS) is 15.4. The number of hydrogen-bond donors (Lipinski definition) is 5. The molecule has 3 atom stereocenters. The number of benzene rings is 2. The van der Waals surface area contributed by atoms with Gasteiger partial charge in [0.25, 0.3) is 0 Å². The highest BCUT2D eigenvalue weighted by atomic mass is 16.6. The SMILES string of the molecule is CC(C)(C)C(=O)OCc1ccc(NC(=O)[C@H](CCCNC(N)=O)NC(=O)[C@@H](Cc2ccccc2)NC(=O)OCCOCCN2C(=O)CC(C(C)(C)C)C2=O)cc1. The lowest BCUT2D eigenvalue weighted by atomic mass is 9.80. The summed E-state index contributed by atoms with van der Waals surface area (Å²) in [5.41, 5.74) is 6.06. The number of alkyl carbamates (subject to hydrolysis) is 1. The lowest BCUT2D eigenvalue weighted by Gasteiger charge is -2.24. The first-order valence-electron chi connectivity index (χ1n) is 18.6. The molecule has 7 amide bonds. The quantitative estimate of drug-likeness (QED) is 0.0794. The molecule has 1 aliphatic heterocycles. The molecule has 3 rings (SSSR count). The van der Waals surface area contributed by atoms with E-state index in [4.69, 9.17) is 19.9 Å². The Morgan fingerprint density at radius 1 is 0.821 bits per heavy atom. The van der Waals surface area contributed by atoms with Crippen molar-refractivity contribution in [3.05, 3.63) is 65.7 Å². The summed E-state index contributed by atoms with van der Waals surface area (Å²) in [4.78, 5) is 89.8. The van der Waals surface area contributed by atoms with Gasteiger partial charge in [0, 0.05) is 25.1 Å². The average molecular weight is 781 g/mol. The molecule has 1 fully saturated rings. The zero-order valence-electron chi connectivity index (χ0n) is 33.1. The number of nitrogens with zero attached hydrogens (tertiary/aromatic N) is 1. The fourth-order valence-corrected chi connectivity index (χ4v) is 5.63. The molecule has 0 aromatic heterocycles. The Bertz CT molecular complexity index is 1670. The Labute approximate surface area is 327 Å². The van der Waals surface area contributed by atoms with Gasteiger partial charge >= 0.3 is 18.1 Å². The number of ether oxygens (including phenoxy) is 3. The van der Waals surface area contributed by atoms with E-state index >= 15 is 0 Å². The van der Waals surface area contributed by atoms with Crippen LogP contribution in [-0.4, -0.2) is 91.6 Å². The second-order valence-corrected chi connectivity index (χ2v) is 15.6. The molecule has 1 heterocycles. The van der Waals surface area contributed by atoms with Gasteiger partial charge < -0.3 is 41.2 Å². The van der Waals surface area contributed by atoms with Crippen LogP contribution in [0.5, 0.6) is 0 Å². The molecule has 0 saturated carbocycles. The first-order valence-corrected chi connectivity index (χ1v) is 18.6. The smallest absolute Gasteiger partial charge is 0.407 e. The molecule has 2 aromatic carbocycles. The number of hydrogen-bond acceptors (Lipinski definition) is 10. The largest absolute Gasteiger partial charge is 0.460 e. The molecule has 1 unspecified atom stereocenters. The molecule has 0 radical (unpaired) electrons. The number of carbonyl (C=O) groups excluding carboxylic acids is 7. The minimum Gasteiger partial charge on any atom is -0.460 e. The second kappa shape index (κ2) is 21.0. The van der Waals surface area contributed by atoms with Crippen molar-refractivity contribution >= 4 is 47.4 Å². The van der Waals surface area contributed by atoms with Gasteiger partial charge in [0.15, 0.2) is 0 Å². The van der Waals surface area contributed by atoms with Gasteiger partial charge in [0.05, 0.1) is 31.1 Å². The van der Waals surface area contributed by atoms with Crippen LogP contribution in [0.2, 0.25) is 0 Å². The summed E-state index contributed by atoms with van der Waals surface area (Å²) >= 11 is 0. The maximum Gasteiger partial charge on any atom is 0.407 e. The van der Waals surface area contributed by atoms with Crippen molar-refractivity contribution in [1.82, 2.24) is 20.9 Å². The van der Waals surface area contributed by atoms with E-state index < -0.39 is 41.4 Å². The van der Waals surface area contributed by atoms with Crippen molar-refractivity contribution in [3.63, 3.8) is 0 Å². The van der Waals surface area contributed by atoms with Gasteiger partial charge in [-0.3, -0.25) is 28.9 Å². The summed E-state index contributed by atoms with van der Waals surface area (Å²) in [7, 11) is 0. The number of nitrogens with two attached hydrogens (primary N) is 1. The molecule has 56 heavy (non-hydrogen) atoms. The molecular formula is C40H56N6O10. The third kappa shape index (κ3) is 15.0. The van der Waals surface area contributed by atoms with E-state index in [0.29, 0.717) is 11.3 Å². The number of urea groups is 1. The maximum atomic E-state index is 13.7. The monoisotopic (exact) mass is 780 g/mol. The van der Waals surface area contributed by atoms with Crippen LogP contribution in [0.3, 0.4) is 0 Å². The van der Waals surface area contributed by atoms with Crippen molar-refractivity contribution in [1.29, 1.82) is 0 Å². The average Bonchev–Trinajstić information content (AvgIpc) is 3.42. The number of amides is 7. The van der Waals surface area contributed by atoms with E-state index in [1.807, 2.05) is 26.8 Å². The van der Waals surface area contributed by atoms with E-state index in [9.17, 15) is 33.6 Å². The first-order chi connectivity index (χ1) is 26.3. The molecule has 0 bridgehead atoms. The third-order valence-corrected chi connectivity index (χ3v) is 8.91. The topological polar surface area (TPSA) is 225 Å². The highest BCUT2D eigenvalue weighted by Gasteiger charge is 2.44. The molecule has 306 valence electrons. The molecule has 0 spiro atoms. The minimum absolute atomic E-state index is 0.0213. The Hall–Kier alpha value is -5.51. The maximum absolute atomic E-state index is 13.7. The fraction of sp³-hybridized carbons (Fsp3) is 0.525. The number of rotatable bonds is 19. The molecule has 0 aliphatic carbocycles. The highest BCUT2D eigenvalue weighted by molar-refractivity contribution is 6.04. The van der Waals surface area contributed by atoms with Crippen molar-refractivity contribution in [2.45, 2.75) is 85.9 Å². The van der Waals surface area contributed by atoms with Crippen LogP contribution < -0.4 is 27.0 Å². The van der Waals surface area contributed by atoms with Gasteiger partial charge in [0.1, 0.15) is 25.3 Å². The van der Waals surface area contributed by atoms with Gasteiger partial charge in [-0.05, 0) is 62.3 Å². The molecule has 1 saturated heterocycles. The standard InChI is InChI=1S/C40H56N6O10/c1-39(2,3)29-24-32(47)46(35(29)50)19-20-54-21-22-55-38(53)45-31(23-26-11-8-7-9-12-26)34(49)44-30(13-10-18-42-37(41)52)33(48)43-28-16-14-27(15-17-28)25-56-36(51)40(4,5)6/h7-9,11-12,14-17,29-31H,10,13,18-25H2,1-6H3,(H,43,48)(H,44,49)(H,45,53)(H3,41,42,52)/t29?,30-,31+/m0/s1. The zero-order chi connectivity index (χ0) is 41.5. The summed E-state index contributed by atoms with van der Waals surface area (Å²) in [5.74, 6) is -2.41. The first kappa shape index (κ1) is 44.9. The van der Waals surface area contributed by atoms with Crippen LogP contribution in [-0.2, 0) is 51.2 Å². The summed E-state index contributed by atoms with van der Waals surface area (Å²) in [6.45, 7) is 11.2. The van der Waals surface area contributed by atoms with Crippen molar-refractivity contribution in [2.75, 3.05) is 38.2 Å². The molecule has 16 heteroatoms. The molecular weight excluding hydrogens is 724 g/mol. The van der Waals surface area contributed by atoms with Gasteiger partial charge in [-0.15, -0.1) is 0 Å². The lowest BCUT2D eigenvalue weighted by Crippen LogP contribution is -2.53. The number of carbonyl (C=O) groups is 7. The van der Waals surface area contributed by atoms with Gasteiger partial charge in [0.2, 0.25) is 23.6 Å². The predicted molar refractivity (Wildman–Crippen MR) is 207 cm³/mol. The van der Waals surface area contributed by atoms with Gasteiger partial charge in [-0.25, -0.2) is 9.59 Å². The number of likely N-dealkylation sites (tertiary alicyclic amines) is 1. The Morgan fingerprint density at radius 2 is 1.50 bits per heavy atom. The van der Waals surface area contributed by atoms with Gasteiger partial charge in [-0.1, -0.05) is 63.2 Å². The highest BCUT2D eigenvalue weighted by Crippen LogP contribution is 2.35. The Balaban J connectivity index is 1.60. The molecule has 16 nitrogen and oxygen atoms in total. The van der Waals surface area contributed by atoms with E-state index in [1.54, 1.807) is 69.3 Å². The molecule has 2 aromatic rings. The van der Waals surface area contributed by atoms with E-state index in [1.165, 1.54) is 4.90 Å². The van der Waals surface area contributed by atoms with E-state index in [2.05, 4.69) is 21.3 Å². The Morgan fingerprint density at radius 3 is 2.11 bits per heavy atom. The van der Waals surface area contributed by atoms with Crippen LogP contribution in [0.15, 0.2) is 54.6 Å². The minimum atomic E-state index is -1.15. The summed E-state index contributed by atoms with van der Waals surface area (Å²) < 4.78 is 16.1. The number of imide groups is 1. The third-order valence-electron chi connectivity index (χ3n) is 8.91. The summed E-state index contributed by atoms with van der Waals surface area (Å²) in [5, 5.41) is 10.5. The van der Waals surface area contributed by atoms with Crippen LogP contribution in [0.25, 0.3) is 0 Å². The van der Waals surface area contributed by atoms with E-state index in [-0.39, 0.29) is 94.3 Å². The van der Waals surface area contributed by atoms with Crippen LogP contribution in [0.4, 0.5) is 15.3 Å². The predicted octanol–water partition coefficient (Wildman–Crippen LogP) is 3.42. The zero-order valence-corrected chi connectivity index (χ0v) is 33.1. The molecule has 1 aliphatic rings. The lowest BCUT2D eigenvalue weighted by molar-refractivity contribution is -0.154. The van der Waals surface area contributed by atoms with Crippen LogP contribution in [0.1, 0.15) is 71.9 Å². The molecule has 6 N–H and O–H groups in total. The van der Waals surface area contributed by atoms with Crippen molar-refractivity contribution in [2.24, 2.45) is 22.5 Å². The second-order valence-electron chi connectivity index (χ2n) is 15.6. The fourth-order valence-electron chi connectivity index (χ4n) is 5.63. The van der Waals surface area contributed by atoms with Crippen molar-refractivity contribution in [3.8, 4) is 0 Å². The van der Waals surface area contributed by atoms with Crippen molar-refractivity contribution < 1.29 is 47.8 Å². The van der Waals surface area contributed by atoms with Crippen LogP contribution >= 0.6 is 0 Å². The summed E-state index contributed by atoms with van der Waals surface area (Å²) in [6.07, 6.45) is -0.263.